The predicted octanol–water partition coefficient (Wildman–Crippen LogP) is 0.885. The molecule has 1 saturated heterocycles. The second-order valence-corrected chi connectivity index (χ2v) is 4.47. The zero-order valence-corrected chi connectivity index (χ0v) is 10.4. The molecule has 0 saturated carbocycles. The highest BCUT2D eigenvalue weighted by Crippen LogP contribution is 2.22. The third-order valence-electron chi connectivity index (χ3n) is 2.61. The summed E-state index contributed by atoms with van der Waals surface area (Å²) in [5.74, 6) is 0.937. The van der Waals surface area contributed by atoms with Crippen LogP contribution in [-0.4, -0.2) is 47.6 Å². The van der Waals surface area contributed by atoms with Crippen LogP contribution >= 0.6 is 15.9 Å². The minimum atomic E-state index is 0.513. The van der Waals surface area contributed by atoms with Crippen molar-refractivity contribution in [3.8, 4) is 6.07 Å². The minimum absolute atomic E-state index is 0.513. The highest BCUT2D eigenvalue weighted by molar-refractivity contribution is 9.10. The van der Waals surface area contributed by atoms with Gasteiger partial charge in [-0.1, -0.05) is 0 Å². The maximum absolute atomic E-state index is 8.61. The van der Waals surface area contributed by atoms with Crippen LogP contribution in [0.15, 0.2) is 17.0 Å². The van der Waals surface area contributed by atoms with E-state index in [4.69, 9.17) is 5.26 Å². The molecule has 2 rings (SSSR count). The first kappa shape index (κ1) is 11.3. The largest absolute Gasteiger partial charge is 0.353 e. The Labute approximate surface area is 103 Å². The molecule has 1 aromatic heterocycles. The van der Waals surface area contributed by atoms with Gasteiger partial charge < -0.3 is 4.90 Å². The van der Waals surface area contributed by atoms with Crippen LogP contribution in [0, 0.1) is 11.3 Å². The predicted molar refractivity (Wildman–Crippen MR) is 64.0 cm³/mol. The van der Waals surface area contributed by atoms with E-state index in [9.17, 15) is 0 Å². The Bertz CT molecular complexity index is 394. The molecule has 0 atom stereocenters. The Hall–Kier alpha value is -1.19. The van der Waals surface area contributed by atoms with Gasteiger partial charge in [0.25, 0.3) is 0 Å². The van der Waals surface area contributed by atoms with Crippen molar-refractivity contribution < 1.29 is 0 Å². The van der Waals surface area contributed by atoms with Crippen LogP contribution in [0.5, 0.6) is 0 Å². The van der Waals surface area contributed by atoms with Gasteiger partial charge in [0.05, 0.1) is 17.1 Å². The minimum Gasteiger partial charge on any atom is -0.353 e. The number of rotatable bonds is 2. The lowest BCUT2D eigenvalue weighted by Crippen LogP contribution is -2.46. The van der Waals surface area contributed by atoms with E-state index in [2.05, 4.69) is 41.8 Å². The van der Waals surface area contributed by atoms with Crippen LogP contribution in [0.2, 0.25) is 0 Å². The first-order valence-electron chi connectivity index (χ1n) is 5.11. The van der Waals surface area contributed by atoms with Gasteiger partial charge in [-0.05, 0) is 15.9 Å². The van der Waals surface area contributed by atoms with Crippen molar-refractivity contribution in [1.82, 2.24) is 14.9 Å². The van der Waals surface area contributed by atoms with E-state index in [0.717, 1.165) is 36.5 Å². The van der Waals surface area contributed by atoms with Crippen LogP contribution in [0.1, 0.15) is 0 Å². The number of aromatic nitrogens is 2. The van der Waals surface area contributed by atoms with Gasteiger partial charge in [-0.3, -0.25) is 4.90 Å². The van der Waals surface area contributed by atoms with E-state index in [1.165, 1.54) is 0 Å². The maximum Gasteiger partial charge on any atom is 0.146 e. The zero-order valence-electron chi connectivity index (χ0n) is 8.80. The van der Waals surface area contributed by atoms with Gasteiger partial charge in [-0.25, -0.2) is 9.97 Å². The van der Waals surface area contributed by atoms with Gasteiger partial charge in [0, 0.05) is 32.4 Å². The number of hydrogen-bond acceptors (Lipinski definition) is 5. The van der Waals surface area contributed by atoms with Crippen molar-refractivity contribution in [2.24, 2.45) is 0 Å². The first-order valence-corrected chi connectivity index (χ1v) is 5.90. The first-order chi connectivity index (χ1) is 7.81. The zero-order chi connectivity index (χ0) is 11.4. The molecular formula is C10H12BrN5. The summed E-state index contributed by atoms with van der Waals surface area (Å²) < 4.78 is 0.920. The molecule has 0 bridgehead atoms. The number of piperazine rings is 1. The Balaban J connectivity index is 2.00. The van der Waals surface area contributed by atoms with Gasteiger partial charge >= 0.3 is 0 Å². The van der Waals surface area contributed by atoms with E-state index >= 15 is 0 Å². The number of nitriles is 1. The van der Waals surface area contributed by atoms with Crippen molar-refractivity contribution in [2.75, 3.05) is 37.6 Å². The highest BCUT2D eigenvalue weighted by atomic mass is 79.9. The van der Waals surface area contributed by atoms with Crippen LogP contribution in [0.4, 0.5) is 5.82 Å². The number of anilines is 1. The second-order valence-electron chi connectivity index (χ2n) is 3.62. The lowest BCUT2D eigenvalue weighted by molar-refractivity contribution is 0.286. The molecule has 6 heteroatoms. The van der Waals surface area contributed by atoms with Crippen LogP contribution in [0.3, 0.4) is 0 Å². The summed E-state index contributed by atoms with van der Waals surface area (Å²) in [5, 5.41) is 8.61. The molecule has 1 aliphatic rings. The fraction of sp³-hybridized carbons (Fsp3) is 0.500. The van der Waals surface area contributed by atoms with E-state index in [1.54, 1.807) is 12.5 Å². The molecule has 0 N–H and O–H groups in total. The Morgan fingerprint density at radius 2 is 2.12 bits per heavy atom. The third-order valence-corrected chi connectivity index (χ3v) is 3.17. The Morgan fingerprint density at radius 3 is 2.75 bits per heavy atom. The molecule has 1 aromatic rings. The maximum atomic E-state index is 8.61. The molecule has 0 aliphatic carbocycles. The van der Waals surface area contributed by atoms with E-state index in [0.29, 0.717) is 6.54 Å². The van der Waals surface area contributed by atoms with Crippen LogP contribution in [-0.2, 0) is 0 Å². The second kappa shape index (κ2) is 5.23. The molecule has 0 radical (unpaired) electrons. The van der Waals surface area contributed by atoms with E-state index < -0.39 is 0 Å². The molecule has 1 aliphatic heterocycles. The molecule has 0 unspecified atom stereocenters. The molecule has 0 amide bonds. The SMILES string of the molecule is N#CCN1CCN(c2ncncc2Br)CC1. The molecule has 5 nitrogen and oxygen atoms in total. The lowest BCUT2D eigenvalue weighted by atomic mass is 10.3. The highest BCUT2D eigenvalue weighted by Gasteiger charge is 2.19. The van der Waals surface area contributed by atoms with Gasteiger partial charge in [-0.15, -0.1) is 0 Å². The summed E-state index contributed by atoms with van der Waals surface area (Å²) in [7, 11) is 0. The average Bonchev–Trinajstić information content (AvgIpc) is 2.31. The van der Waals surface area contributed by atoms with Crippen molar-refractivity contribution in [1.29, 1.82) is 5.26 Å². The Morgan fingerprint density at radius 1 is 1.38 bits per heavy atom. The fourth-order valence-corrected chi connectivity index (χ4v) is 2.23. The Kier molecular flexibility index (Phi) is 3.70. The molecule has 84 valence electrons. The van der Waals surface area contributed by atoms with Gasteiger partial charge in [-0.2, -0.15) is 5.26 Å². The molecule has 0 spiro atoms. The third kappa shape index (κ3) is 2.49. The van der Waals surface area contributed by atoms with Gasteiger partial charge in [0.15, 0.2) is 0 Å². The van der Waals surface area contributed by atoms with Crippen molar-refractivity contribution in [3.05, 3.63) is 17.0 Å². The van der Waals surface area contributed by atoms with Crippen molar-refractivity contribution in [2.45, 2.75) is 0 Å². The summed E-state index contributed by atoms with van der Waals surface area (Å²) >= 11 is 3.45. The monoisotopic (exact) mass is 281 g/mol. The van der Waals surface area contributed by atoms with Crippen molar-refractivity contribution >= 4 is 21.7 Å². The molecule has 16 heavy (non-hydrogen) atoms. The molecular weight excluding hydrogens is 270 g/mol. The lowest BCUT2D eigenvalue weighted by Gasteiger charge is -2.34. The topological polar surface area (TPSA) is 56.1 Å². The summed E-state index contributed by atoms with van der Waals surface area (Å²) in [6.07, 6.45) is 3.31. The smallest absolute Gasteiger partial charge is 0.146 e. The number of halogens is 1. The summed E-state index contributed by atoms with van der Waals surface area (Å²) in [5.41, 5.74) is 0. The quantitative estimate of drug-likeness (QED) is 0.754. The molecule has 2 heterocycles. The average molecular weight is 282 g/mol. The van der Waals surface area contributed by atoms with E-state index in [1.807, 2.05) is 0 Å². The molecule has 0 aromatic carbocycles. The number of nitrogens with zero attached hydrogens (tertiary/aromatic N) is 5. The van der Waals surface area contributed by atoms with Gasteiger partial charge in [0.1, 0.15) is 12.1 Å². The normalized spacial score (nSPS) is 17.1. The molecule has 1 fully saturated rings. The summed E-state index contributed by atoms with van der Waals surface area (Å²) in [4.78, 5) is 12.6. The summed E-state index contributed by atoms with van der Waals surface area (Å²) in [6.45, 7) is 4.13. The fourth-order valence-electron chi connectivity index (χ4n) is 1.76. The van der Waals surface area contributed by atoms with E-state index in [-0.39, 0.29) is 0 Å². The summed E-state index contributed by atoms with van der Waals surface area (Å²) in [6, 6.07) is 2.18. The van der Waals surface area contributed by atoms with Crippen molar-refractivity contribution in [3.63, 3.8) is 0 Å². The van der Waals surface area contributed by atoms with Crippen LogP contribution in [0.25, 0.3) is 0 Å². The number of hydrogen-bond donors (Lipinski definition) is 0. The standard InChI is InChI=1S/C10H12BrN5/c11-9-7-13-8-14-10(9)16-5-3-15(2-1-12)4-6-16/h7-8H,2-6H2. The van der Waals surface area contributed by atoms with Gasteiger partial charge in [0.2, 0.25) is 0 Å². The van der Waals surface area contributed by atoms with Crippen LogP contribution < -0.4 is 4.90 Å².